The molecule has 3 heterocycles. The maximum atomic E-state index is 13.2. The topological polar surface area (TPSA) is 43.6 Å². The summed E-state index contributed by atoms with van der Waals surface area (Å²) in [6.07, 6.45) is -4.10. The Labute approximate surface area is 165 Å². The molecule has 4 rings (SSSR count). The lowest BCUT2D eigenvalue weighted by atomic mass is 10.0. The van der Waals surface area contributed by atoms with E-state index in [-0.39, 0.29) is 17.7 Å². The predicted molar refractivity (Wildman–Crippen MR) is 96.3 cm³/mol. The van der Waals surface area contributed by atoms with Gasteiger partial charge in [0.1, 0.15) is 5.52 Å². The molecule has 0 amide bonds. The summed E-state index contributed by atoms with van der Waals surface area (Å²) in [5.74, 6) is 0. The first-order valence-electron chi connectivity index (χ1n) is 8.62. The Morgan fingerprint density at radius 1 is 0.833 bits per heavy atom. The second kappa shape index (κ2) is 7.12. The molecule has 0 aliphatic carbocycles. The monoisotopic (exact) mass is 422 g/mol. The van der Waals surface area contributed by atoms with Crippen molar-refractivity contribution in [3.8, 4) is 11.1 Å². The van der Waals surface area contributed by atoms with Crippen molar-refractivity contribution in [3.05, 3.63) is 77.9 Å². The second-order valence-electron chi connectivity index (χ2n) is 6.54. The van der Waals surface area contributed by atoms with Gasteiger partial charge >= 0.3 is 12.4 Å². The molecule has 154 valence electrons. The van der Waals surface area contributed by atoms with Gasteiger partial charge in [-0.25, -0.2) is 0 Å². The van der Waals surface area contributed by atoms with Crippen LogP contribution in [0.1, 0.15) is 16.7 Å². The van der Waals surface area contributed by atoms with Gasteiger partial charge in [-0.2, -0.15) is 31.4 Å². The fraction of sp³-hybridized carbons (Fsp3) is 0.150. The molecular formula is C20H12F6N4. The molecule has 0 bridgehead atoms. The molecule has 0 unspecified atom stereocenters. The van der Waals surface area contributed by atoms with E-state index >= 15 is 0 Å². The molecule has 0 radical (unpaired) electrons. The molecule has 1 aromatic carbocycles. The van der Waals surface area contributed by atoms with Crippen LogP contribution in [-0.2, 0) is 18.9 Å². The molecule has 0 aliphatic heterocycles. The lowest BCUT2D eigenvalue weighted by Crippen LogP contribution is -2.12. The number of hydrogen-bond donors (Lipinski definition) is 0. The van der Waals surface area contributed by atoms with Crippen LogP contribution in [0.15, 0.2) is 61.2 Å². The Morgan fingerprint density at radius 3 is 2.37 bits per heavy atom. The van der Waals surface area contributed by atoms with Crippen molar-refractivity contribution in [3.63, 3.8) is 0 Å². The van der Waals surface area contributed by atoms with Gasteiger partial charge in [0.15, 0.2) is 0 Å². The van der Waals surface area contributed by atoms with Crippen molar-refractivity contribution in [2.45, 2.75) is 18.9 Å². The van der Waals surface area contributed by atoms with Gasteiger partial charge < -0.3 is 0 Å². The quantitative estimate of drug-likeness (QED) is 0.405. The van der Waals surface area contributed by atoms with E-state index in [4.69, 9.17) is 0 Å². The van der Waals surface area contributed by atoms with Crippen molar-refractivity contribution in [1.29, 1.82) is 0 Å². The highest BCUT2D eigenvalue weighted by molar-refractivity contribution is 5.80. The van der Waals surface area contributed by atoms with Crippen LogP contribution in [0.3, 0.4) is 0 Å². The van der Waals surface area contributed by atoms with E-state index in [1.54, 1.807) is 6.07 Å². The smallest absolute Gasteiger partial charge is 0.264 e. The van der Waals surface area contributed by atoms with Crippen molar-refractivity contribution in [2.75, 3.05) is 0 Å². The second-order valence-corrected chi connectivity index (χ2v) is 6.54. The van der Waals surface area contributed by atoms with Gasteiger partial charge in [-0.15, -0.1) is 0 Å². The molecule has 0 N–H and O–H groups in total. The standard InChI is InChI=1S/C20H12F6N4/c21-19(22,23)15-3-1-2-12(6-15)13-7-18-17(28-9-13)10-29-30(18)11-14-8-27-5-4-16(14)20(24,25)26/h1-10H,11H2. The molecular weight excluding hydrogens is 410 g/mol. The molecule has 4 aromatic rings. The Hall–Kier alpha value is -3.43. The van der Waals surface area contributed by atoms with Gasteiger partial charge in [0.05, 0.1) is 29.4 Å². The van der Waals surface area contributed by atoms with E-state index in [9.17, 15) is 26.3 Å². The summed E-state index contributed by atoms with van der Waals surface area (Å²) in [5.41, 5.74) is -0.256. The van der Waals surface area contributed by atoms with Gasteiger partial charge in [-0.05, 0) is 29.8 Å². The fourth-order valence-corrected chi connectivity index (χ4v) is 3.11. The average molecular weight is 422 g/mol. The highest BCUT2D eigenvalue weighted by Crippen LogP contribution is 2.34. The number of halogens is 6. The minimum Gasteiger partial charge on any atom is -0.264 e. The Morgan fingerprint density at radius 2 is 1.63 bits per heavy atom. The molecule has 0 aliphatic rings. The minimum atomic E-state index is -4.55. The summed E-state index contributed by atoms with van der Waals surface area (Å²) in [4.78, 5) is 7.93. The van der Waals surface area contributed by atoms with Crippen LogP contribution < -0.4 is 0 Å². The Kier molecular flexibility index (Phi) is 4.71. The van der Waals surface area contributed by atoms with E-state index in [1.807, 2.05) is 0 Å². The molecule has 0 fully saturated rings. The van der Waals surface area contributed by atoms with Gasteiger partial charge in [0.2, 0.25) is 0 Å². The van der Waals surface area contributed by atoms with Crippen LogP contribution >= 0.6 is 0 Å². The van der Waals surface area contributed by atoms with Crippen molar-refractivity contribution in [2.24, 2.45) is 0 Å². The Balaban J connectivity index is 1.75. The third-order valence-corrected chi connectivity index (χ3v) is 4.55. The lowest BCUT2D eigenvalue weighted by molar-refractivity contribution is -0.138. The first-order valence-corrected chi connectivity index (χ1v) is 8.62. The lowest BCUT2D eigenvalue weighted by Gasteiger charge is -2.13. The zero-order valence-corrected chi connectivity index (χ0v) is 15.0. The summed E-state index contributed by atoms with van der Waals surface area (Å²) in [6.45, 7) is -0.222. The number of rotatable bonds is 3. The first-order chi connectivity index (χ1) is 14.1. The van der Waals surface area contributed by atoms with Crippen LogP contribution in [-0.4, -0.2) is 19.7 Å². The number of alkyl halides is 6. The number of aromatic nitrogens is 4. The average Bonchev–Trinajstić information content (AvgIpc) is 3.09. The SMILES string of the molecule is FC(F)(F)c1cccc(-c2cnc3cnn(Cc4cnccc4C(F)(F)F)c3c2)c1. The maximum Gasteiger partial charge on any atom is 0.416 e. The van der Waals surface area contributed by atoms with Crippen LogP contribution in [0.2, 0.25) is 0 Å². The summed E-state index contributed by atoms with van der Waals surface area (Å²) in [6, 6.07) is 7.17. The largest absolute Gasteiger partial charge is 0.416 e. The Bertz CT molecular complexity index is 1210. The van der Waals surface area contributed by atoms with Crippen molar-refractivity contribution in [1.82, 2.24) is 19.7 Å². The number of hydrogen-bond acceptors (Lipinski definition) is 3. The molecule has 3 aromatic heterocycles. The maximum absolute atomic E-state index is 13.2. The van der Waals surface area contributed by atoms with E-state index in [0.29, 0.717) is 16.6 Å². The van der Waals surface area contributed by atoms with Crippen molar-refractivity contribution >= 4 is 11.0 Å². The number of fused-ring (bicyclic) bond motifs is 1. The van der Waals surface area contributed by atoms with E-state index < -0.39 is 23.5 Å². The number of pyridine rings is 2. The van der Waals surface area contributed by atoms with Gasteiger partial charge in [-0.3, -0.25) is 14.6 Å². The number of benzene rings is 1. The van der Waals surface area contributed by atoms with Crippen LogP contribution in [0.4, 0.5) is 26.3 Å². The number of nitrogens with zero attached hydrogens (tertiary/aromatic N) is 4. The summed E-state index contributed by atoms with van der Waals surface area (Å²) in [7, 11) is 0. The van der Waals surface area contributed by atoms with Gasteiger partial charge in [0.25, 0.3) is 0 Å². The molecule has 0 saturated heterocycles. The zero-order chi connectivity index (χ0) is 21.5. The van der Waals surface area contributed by atoms with Gasteiger partial charge in [-0.1, -0.05) is 12.1 Å². The highest BCUT2D eigenvalue weighted by atomic mass is 19.4. The van der Waals surface area contributed by atoms with Crippen LogP contribution in [0, 0.1) is 0 Å². The van der Waals surface area contributed by atoms with Gasteiger partial charge in [0, 0.05) is 29.7 Å². The van der Waals surface area contributed by atoms with E-state index in [1.165, 1.54) is 29.2 Å². The minimum absolute atomic E-state index is 0.0838. The molecule has 4 nitrogen and oxygen atoms in total. The van der Waals surface area contributed by atoms with Crippen LogP contribution in [0.25, 0.3) is 22.2 Å². The molecule has 10 heteroatoms. The third-order valence-electron chi connectivity index (χ3n) is 4.55. The zero-order valence-electron chi connectivity index (χ0n) is 15.0. The third kappa shape index (κ3) is 3.85. The molecule has 0 spiro atoms. The van der Waals surface area contributed by atoms with Crippen LogP contribution in [0.5, 0.6) is 0 Å². The van der Waals surface area contributed by atoms with Crippen molar-refractivity contribution < 1.29 is 26.3 Å². The molecule has 0 atom stereocenters. The predicted octanol–water partition coefficient (Wildman–Crippen LogP) is 5.58. The molecule has 30 heavy (non-hydrogen) atoms. The summed E-state index contributed by atoms with van der Waals surface area (Å²) >= 11 is 0. The highest BCUT2D eigenvalue weighted by Gasteiger charge is 2.33. The molecule has 0 saturated carbocycles. The van der Waals surface area contributed by atoms with E-state index in [0.717, 1.165) is 30.6 Å². The summed E-state index contributed by atoms with van der Waals surface area (Å²) < 4.78 is 80.1. The normalized spacial score (nSPS) is 12.5. The fourth-order valence-electron chi connectivity index (χ4n) is 3.11. The van der Waals surface area contributed by atoms with E-state index in [2.05, 4.69) is 15.1 Å². The summed E-state index contributed by atoms with van der Waals surface area (Å²) in [5, 5.41) is 4.08. The first kappa shape index (κ1) is 19.9.